The Kier molecular flexibility index (Phi) is 4.76. The third-order valence-electron chi connectivity index (χ3n) is 4.40. The number of benzene rings is 1. The summed E-state index contributed by atoms with van der Waals surface area (Å²) in [7, 11) is 3.55. The van der Waals surface area contributed by atoms with Gasteiger partial charge in [0, 0.05) is 43.4 Å². The zero-order valence-electron chi connectivity index (χ0n) is 13.7. The van der Waals surface area contributed by atoms with Crippen molar-refractivity contribution in [1.82, 2.24) is 14.7 Å². The van der Waals surface area contributed by atoms with E-state index in [1.54, 1.807) is 7.11 Å². The predicted molar refractivity (Wildman–Crippen MR) is 88.5 cm³/mol. The lowest BCUT2D eigenvalue weighted by Crippen LogP contribution is -2.38. The lowest BCUT2D eigenvalue weighted by molar-refractivity contribution is 0.0811. The number of likely N-dealkylation sites (tertiary alicyclic amines) is 1. The van der Waals surface area contributed by atoms with E-state index >= 15 is 0 Å². The summed E-state index contributed by atoms with van der Waals surface area (Å²) >= 11 is 0. The molecule has 0 spiro atoms. The molecule has 23 heavy (non-hydrogen) atoms. The summed E-state index contributed by atoms with van der Waals surface area (Å²) < 4.78 is 7.04. The summed E-state index contributed by atoms with van der Waals surface area (Å²) in [6.07, 6.45) is 5.95. The van der Waals surface area contributed by atoms with Crippen LogP contribution in [0.5, 0.6) is 5.75 Å². The maximum atomic E-state index is 12.8. The van der Waals surface area contributed by atoms with Gasteiger partial charge in [-0.15, -0.1) is 0 Å². The topological polar surface area (TPSA) is 47.4 Å². The van der Waals surface area contributed by atoms with E-state index in [9.17, 15) is 4.79 Å². The van der Waals surface area contributed by atoms with Crippen molar-refractivity contribution >= 4 is 5.78 Å². The van der Waals surface area contributed by atoms with Gasteiger partial charge in [0.2, 0.25) is 0 Å². The average molecular weight is 313 g/mol. The molecule has 0 saturated carbocycles. The average Bonchev–Trinajstić information content (AvgIpc) is 2.99. The van der Waals surface area contributed by atoms with Crippen LogP contribution in [-0.2, 0) is 13.6 Å². The Labute approximate surface area is 136 Å². The fourth-order valence-corrected chi connectivity index (χ4v) is 3.24. The number of carbonyl (C=O) groups is 1. The Morgan fingerprint density at radius 2 is 2.30 bits per heavy atom. The molecule has 1 saturated heterocycles. The molecule has 1 aromatic carbocycles. The molecule has 3 rings (SSSR count). The SMILES string of the molecule is COc1cccc(C(=O)[C@H]2CCCN(Cc3cnn(C)c3)C2)c1. The highest BCUT2D eigenvalue weighted by molar-refractivity contribution is 5.98. The zero-order valence-corrected chi connectivity index (χ0v) is 13.7. The third kappa shape index (κ3) is 3.79. The van der Waals surface area contributed by atoms with E-state index in [4.69, 9.17) is 4.74 Å². The molecule has 1 aromatic heterocycles. The molecule has 5 heteroatoms. The molecule has 0 radical (unpaired) electrons. The van der Waals surface area contributed by atoms with Crippen LogP contribution in [0.1, 0.15) is 28.8 Å². The lowest BCUT2D eigenvalue weighted by Gasteiger charge is -2.31. The van der Waals surface area contributed by atoms with Crippen molar-refractivity contribution in [1.29, 1.82) is 0 Å². The first-order valence-corrected chi connectivity index (χ1v) is 8.04. The van der Waals surface area contributed by atoms with Crippen molar-refractivity contribution in [2.24, 2.45) is 13.0 Å². The van der Waals surface area contributed by atoms with Crippen molar-refractivity contribution in [2.45, 2.75) is 19.4 Å². The molecule has 1 aliphatic heterocycles. The van der Waals surface area contributed by atoms with E-state index in [-0.39, 0.29) is 11.7 Å². The summed E-state index contributed by atoms with van der Waals surface area (Å²) in [5.41, 5.74) is 1.94. The first-order chi connectivity index (χ1) is 11.2. The molecule has 0 unspecified atom stereocenters. The minimum Gasteiger partial charge on any atom is -0.497 e. The van der Waals surface area contributed by atoms with Crippen LogP contribution >= 0.6 is 0 Å². The van der Waals surface area contributed by atoms with Gasteiger partial charge in [0.25, 0.3) is 0 Å². The van der Waals surface area contributed by atoms with Gasteiger partial charge >= 0.3 is 0 Å². The van der Waals surface area contributed by atoms with Crippen LogP contribution in [-0.4, -0.2) is 40.7 Å². The molecule has 0 N–H and O–H groups in total. The molecule has 1 atom stereocenters. The Bertz CT molecular complexity index is 680. The highest BCUT2D eigenvalue weighted by atomic mass is 16.5. The van der Waals surface area contributed by atoms with E-state index in [1.165, 1.54) is 5.56 Å². The number of hydrogen-bond acceptors (Lipinski definition) is 4. The maximum Gasteiger partial charge on any atom is 0.167 e. The standard InChI is InChI=1S/C18H23N3O2/c1-20-11-14(10-19-20)12-21-8-4-6-16(13-21)18(22)15-5-3-7-17(9-15)23-2/h3,5,7,9-11,16H,4,6,8,12-13H2,1-2H3/t16-/m0/s1. The van der Waals surface area contributed by atoms with E-state index in [0.29, 0.717) is 0 Å². The zero-order chi connectivity index (χ0) is 16.2. The number of methoxy groups -OCH3 is 1. The van der Waals surface area contributed by atoms with Crippen LogP contribution in [0.3, 0.4) is 0 Å². The van der Waals surface area contributed by atoms with E-state index in [0.717, 1.165) is 43.8 Å². The number of ether oxygens (including phenoxy) is 1. The van der Waals surface area contributed by atoms with E-state index < -0.39 is 0 Å². The molecule has 5 nitrogen and oxygen atoms in total. The van der Waals surface area contributed by atoms with E-state index in [1.807, 2.05) is 48.4 Å². The van der Waals surface area contributed by atoms with Gasteiger partial charge in [-0.3, -0.25) is 14.4 Å². The highest BCUT2D eigenvalue weighted by Gasteiger charge is 2.26. The van der Waals surface area contributed by atoms with Crippen molar-refractivity contribution < 1.29 is 9.53 Å². The number of hydrogen-bond donors (Lipinski definition) is 0. The van der Waals surface area contributed by atoms with Gasteiger partial charge in [0.05, 0.1) is 13.3 Å². The van der Waals surface area contributed by atoms with Crippen LogP contribution in [0.4, 0.5) is 0 Å². The van der Waals surface area contributed by atoms with Gasteiger partial charge in [-0.05, 0) is 31.5 Å². The molecule has 0 aliphatic carbocycles. The lowest BCUT2D eigenvalue weighted by atomic mass is 9.90. The molecule has 2 aromatic rings. The highest BCUT2D eigenvalue weighted by Crippen LogP contribution is 2.24. The maximum absolute atomic E-state index is 12.8. The number of aryl methyl sites for hydroxylation is 1. The quantitative estimate of drug-likeness (QED) is 0.796. The van der Waals surface area contributed by atoms with Crippen LogP contribution < -0.4 is 4.74 Å². The number of ketones is 1. The molecule has 1 aliphatic rings. The van der Waals surface area contributed by atoms with Crippen LogP contribution in [0.2, 0.25) is 0 Å². The van der Waals surface area contributed by atoms with Gasteiger partial charge < -0.3 is 4.74 Å². The molecule has 1 fully saturated rings. The number of piperidine rings is 1. The van der Waals surface area contributed by atoms with Crippen LogP contribution in [0, 0.1) is 5.92 Å². The fraction of sp³-hybridized carbons (Fsp3) is 0.444. The van der Waals surface area contributed by atoms with Gasteiger partial charge in [-0.1, -0.05) is 12.1 Å². The minimum absolute atomic E-state index is 0.0625. The number of aromatic nitrogens is 2. The second-order valence-electron chi connectivity index (χ2n) is 6.19. The molecule has 122 valence electrons. The summed E-state index contributed by atoms with van der Waals surface area (Å²) in [5.74, 6) is 1.02. The van der Waals surface area contributed by atoms with Crippen molar-refractivity contribution in [3.05, 3.63) is 47.8 Å². The van der Waals surface area contributed by atoms with Gasteiger partial charge in [-0.25, -0.2) is 0 Å². The molecule has 0 amide bonds. The summed E-state index contributed by atoms with van der Waals surface area (Å²) in [4.78, 5) is 15.1. The second-order valence-corrected chi connectivity index (χ2v) is 6.19. The van der Waals surface area contributed by atoms with Crippen molar-refractivity contribution in [2.75, 3.05) is 20.2 Å². The Morgan fingerprint density at radius 3 is 3.04 bits per heavy atom. The van der Waals surface area contributed by atoms with Gasteiger partial charge in [0.15, 0.2) is 5.78 Å². The number of Topliss-reactive ketones (excluding diaryl/α,β-unsaturated/α-hetero) is 1. The van der Waals surface area contributed by atoms with Crippen molar-refractivity contribution in [3.63, 3.8) is 0 Å². The Hall–Kier alpha value is -2.14. The predicted octanol–water partition coefficient (Wildman–Crippen LogP) is 2.52. The monoisotopic (exact) mass is 313 g/mol. The molecule has 0 bridgehead atoms. The second kappa shape index (κ2) is 6.96. The first-order valence-electron chi connectivity index (χ1n) is 8.04. The summed E-state index contributed by atoms with van der Waals surface area (Å²) in [6, 6.07) is 7.46. The molecular formula is C18H23N3O2. The number of rotatable bonds is 5. The molecular weight excluding hydrogens is 290 g/mol. The summed E-state index contributed by atoms with van der Waals surface area (Å²) in [5, 5.41) is 4.21. The fourth-order valence-electron chi connectivity index (χ4n) is 3.24. The van der Waals surface area contributed by atoms with Crippen LogP contribution in [0.15, 0.2) is 36.7 Å². The van der Waals surface area contributed by atoms with Gasteiger partial charge in [0.1, 0.15) is 5.75 Å². The van der Waals surface area contributed by atoms with Crippen molar-refractivity contribution in [3.8, 4) is 5.75 Å². The number of nitrogens with zero attached hydrogens (tertiary/aromatic N) is 3. The summed E-state index contributed by atoms with van der Waals surface area (Å²) in [6.45, 7) is 2.71. The third-order valence-corrected chi connectivity index (χ3v) is 4.40. The largest absolute Gasteiger partial charge is 0.497 e. The smallest absolute Gasteiger partial charge is 0.167 e. The van der Waals surface area contributed by atoms with E-state index in [2.05, 4.69) is 10.00 Å². The normalized spacial score (nSPS) is 18.8. The Morgan fingerprint density at radius 1 is 1.43 bits per heavy atom. The van der Waals surface area contributed by atoms with Gasteiger partial charge in [-0.2, -0.15) is 5.10 Å². The Balaban J connectivity index is 1.66. The first kappa shape index (κ1) is 15.7. The number of carbonyl (C=O) groups excluding carboxylic acids is 1. The van der Waals surface area contributed by atoms with Crippen LogP contribution in [0.25, 0.3) is 0 Å². The molecule has 2 heterocycles. The minimum atomic E-state index is 0.0625.